The van der Waals surface area contributed by atoms with Gasteiger partial charge >= 0.3 is 30.9 Å². The SMILES string of the molecule is Fc1c(C(F)(F)F)c(C(F)(F)F)c(C(F)(F)F)c(C(F)(F)F)c1C(F)(F)F. The van der Waals surface area contributed by atoms with Crippen molar-refractivity contribution >= 4 is 0 Å². The standard InChI is InChI=1S/C11F16/c12-6-4(10(22,23)24)2(8(16,17)18)1(7(13,14)15)3(9(19,20)21)5(6)11(25,26)27. The van der Waals surface area contributed by atoms with Crippen LogP contribution in [0.25, 0.3) is 0 Å². The van der Waals surface area contributed by atoms with Gasteiger partial charge in [-0.2, -0.15) is 65.9 Å². The predicted octanol–water partition coefficient (Wildman–Crippen LogP) is 6.92. The molecule has 0 aliphatic heterocycles. The minimum Gasteiger partial charge on any atom is -0.206 e. The summed E-state index contributed by atoms with van der Waals surface area (Å²) in [7, 11) is 0. The molecule has 0 unspecified atom stereocenters. The van der Waals surface area contributed by atoms with Crippen LogP contribution >= 0.6 is 0 Å². The van der Waals surface area contributed by atoms with Gasteiger partial charge in [-0.15, -0.1) is 0 Å². The molecule has 0 spiro atoms. The molecule has 1 aromatic carbocycles. The summed E-state index contributed by atoms with van der Waals surface area (Å²) in [5.41, 5.74) is -21.2. The lowest BCUT2D eigenvalue weighted by Gasteiger charge is -2.28. The van der Waals surface area contributed by atoms with E-state index < -0.39 is 64.5 Å². The molecule has 0 aliphatic rings. The van der Waals surface area contributed by atoms with E-state index in [0.717, 1.165) is 0 Å². The van der Waals surface area contributed by atoms with Crippen molar-refractivity contribution in [2.45, 2.75) is 30.9 Å². The molecule has 0 saturated heterocycles. The van der Waals surface area contributed by atoms with E-state index in [1.807, 2.05) is 0 Å². The molecule has 0 N–H and O–H groups in total. The average molecular weight is 436 g/mol. The van der Waals surface area contributed by atoms with E-state index in [1.165, 1.54) is 0 Å². The van der Waals surface area contributed by atoms with Gasteiger partial charge in [-0.25, -0.2) is 4.39 Å². The third-order valence-corrected chi connectivity index (χ3v) is 2.86. The van der Waals surface area contributed by atoms with Crippen molar-refractivity contribution < 1.29 is 70.2 Å². The summed E-state index contributed by atoms with van der Waals surface area (Å²) in [6.45, 7) is 0. The van der Waals surface area contributed by atoms with E-state index in [2.05, 4.69) is 0 Å². The fraction of sp³-hybridized carbons (Fsp3) is 0.455. The van der Waals surface area contributed by atoms with Gasteiger partial charge in [-0.05, 0) is 0 Å². The molecule has 0 nitrogen and oxygen atoms in total. The van der Waals surface area contributed by atoms with Crippen molar-refractivity contribution in [3.63, 3.8) is 0 Å². The van der Waals surface area contributed by atoms with Gasteiger partial charge in [0.2, 0.25) is 0 Å². The molecular formula is C11F16. The molecule has 0 aromatic heterocycles. The van der Waals surface area contributed by atoms with Gasteiger partial charge in [0, 0.05) is 0 Å². The first-order valence-corrected chi connectivity index (χ1v) is 5.77. The number of benzene rings is 1. The largest absolute Gasteiger partial charge is 0.419 e. The first-order valence-electron chi connectivity index (χ1n) is 5.77. The van der Waals surface area contributed by atoms with Crippen LogP contribution in [0.5, 0.6) is 0 Å². The van der Waals surface area contributed by atoms with Crippen molar-refractivity contribution in [2.24, 2.45) is 0 Å². The first kappa shape index (κ1) is 23.1. The molecule has 0 bridgehead atoms. The Balaban J connectivity index is 4.58. The minimum absolute atomic E-state index is 4.16. The highest BCUT2D eigenvalue weighted by Crippen LogP contribution is 2.55. The summed E-state index contributed by atoms with van der Waals surface area (Å²) >= 11 is 0. The maximum Gasteiger partial charge on any atom is 0.419 e. The molecule has 1 rings (SSSR count). The number of rotatable bonds is 0. The Labute approximate surface area is 136 Å². The average Bonchev–Trinajstić information content (AvgIpc) is 2.29. The van der Waals surface area contributed by atoms with Gasteiger partial charge in [0.05, 0.1) is 16.7 Å². The van der Waals surface area contributed by atoms with Crippen molar-refractivity contribution in [2.75, 3.05) is 0 Å². The van der Waals surface area contributed by atoms with Crippen LogP contribution in [-0.2, 0) is 30.9 Å². The number of alkyl halides is 15. The Morgan fingerprint density at radius 3 is 0.593 bits per heavy atom. The highest BCUT2D eigenvalue weighted by molar-refractivity contribution is 5.53. The maximum absolute atomic E-state index is 13.6. The smallest absolute Gasteiger partial charge is 0.206 e. The number of hydrogen-bond acceptors (Lipinski definition) is 0. The third kappa shape index (κ3) is 4.34. The summed E-state index contributed by atoms with van der Waals surface area (Å²) in [4.78, 5) is 0. The van der Waals surface area contributed by atoms with Gasteiger partial charge in [0.25, 0.3) is 0 Å². The van der Waals surface area contributed by atoms with E-state index in [1.54, 1.807) is 0 Å². The third-order valence-electron chi connectivity index (χ3n) is 2.86. The van der Waals surface area contributed by atoms with Crippen molar-refractivity contribution in [3.8, 4) is 0 Å². The fourth-order valence-corrected chi connectivity index (χ4v) is 2.10. The van der Waals surface area contributed by atoms with Crippen LogP contribution in [0.4, 0.5) is 70.2 Å². The summed E-state index contributed by atoms with van der Waals surface area (Å²) in [6.07, 6.45) is -34.6. The second-order valence-corrected chi connectivity index (χ2v) is 4.68. The minimum atomic E-state index is -7.01. The van der Waals surface area contributed by atoms with Crippen molar-refractivity contribution in [3.05, 3.63) is 33.6 Å². The Morgan fingerprint density at radius 2 is 0.444 bits per heavy atom. The summed E-state index contributed by atoms with van der Waals surface area (Å²) in [6, 6.07) is 0. The normalized spacial score (nSPS) is 14.7. The Hall–Kier alpha value is -1.90. The Kier molecular flexibility index (Phi) is 5.19. The van der Waals surface area contributed by atoms with Crippen LogP contribution < -0.4 is 0 Å². The van der Waals surface area contributed by atoms with Crippen LogP contribution in [0.1, 0.15) is 27.8 Å². The Morgan fingerprint density at radius 1 is 0.296 bits per heavy atom. The predicted molar refractivity (Wildman–Crippen MR) is 51.4 cm³/mol. The fourth-order valence-electron chi connectivity index (χ4n) is 2.10. The van der Waals surface area contributed by atoms with Crippen LogP contribution in [0.2, 0.25) is 0 Å². The van der Waals surface area contributed by atoms with Crippen molar-refractivity contribution in [1.29, 1.82) is 0 Å². The molecule has 0 heterocycles. The van der Waals surface area contributed by atoms with E-state index >= 15 is 0 Å². The topological polar surface area (TPSA) is 0 Å². The summed E-state index contributed by atoms with van der Waals surface area (Å²) < 4.78 is 204. The second kappa shape index (κ2) is 6.05. The highest BCUT2D eigenvalue weighted by Gasteiger charge is 2.60. The monoisotopic (exact) mass is 436 g/mol. The van der Waals surface area contributed by atoms with E-state index in [9.17, 15) is 70.2 Å². The molecule has 16 heteroatoms. The lowest BCUT2D eigenvalue weighted by atomic mass is 9.88. The van der Waals surface area contributed by atoms with E-state index in [-0.39, 0.29) is 0 Å². The van der Waals surface area contributed by atoms with Crippen LogP contribution in [0.3, 0.4) is 0 Å². The first-order chi connectivity index (χ1) is 11.5. The molecule has 0 saturated carbocycles. The van der Waals surface area contributed by atoms with Gasteiger partial charge in [-0.1, -0.05) is 0 Å². The van der Waals surface area contributed by atoms with Gasteiger partial charge < -0.3 is 0 Å². The molecular weight excluding hydrogens is 436 g/mol. The lowest BCUT2D eigenvalue weighted by Crippen LogP contribution is -2.32. The number of halogens is 16. The lowest BCUT2D eigenvalue weighted by molar-refractivity contribution is -0.191. The van der Waals surface area contributed by atoms with E-state index in [4.69, 9.17) is 0 Å². The van der Waals surface area contributed by atoms with Gasteiger partial charge in [0.1, 0.15) is 16.9 Å². The maximum atomic E-state index is 13.6. The number of hydrogen-bond donors (Lipinski definition) is 0. The molecule has 27 heavy (non-hydrogen) atoms. The second-order valence-electron chi connectivity index (χ2n) is 4.68. The van der Waals surface area contributed by atoms with Crippen LogP contribution in [0.15, 0.2) is 0 Å². The zero-order chi connectivity index (χ0) is 22.0. The quantitative estimate of drug-likeness (QED) is 0.388. The molecule has 0 radical (unpaired) electrons. The Bertz CT molecular complexity index is 667. The van der Waals surface area contributed by atoms with Gasteiger partial charge in [0.15, 0.2) is 0 Å². The van der Waals surface area contributed by atoms with Crippen molar-refractivity contribution in [1.82, 2.24) is 0 Å². The van der Waals surface area contributed by atoms with Crippen LogP contribution in [-0.4, -0.2) is 0 Å². The zero-order valence-electron chi connectivity index (χ0n) is 11.5. The van der Waals surface area contributed by atoms with E-state index in [0.29, 0.717) is 0 Å². The zero-order valence-corrected chi connectivity index (χ0v) is 11.5. The summed E-state index contributed by atoms with van der Waals surface area (Å²) in [5, 5.41) is 0. The summed E-state index contributed by atoms with van der Waals surface area (Å²) in [5.74, 6) is -4.18. The molecule has 0 atom stereocenters. The highest BCUT2D eigenvalue weighted by atomic mass is 19.4. The van der Waals surface area contributed by atoms with Crippen LogP contribution in [0, 0.1) is 5.82 Å². The van der Waals surface area contributed by atoms with Gasteiger partial charge in [-0.3, -0.25) is 0 Å². The molecule has 1 aromatic rings. The molecule has 0 amide bonds. The molecule has 156 valence electrons. The molecule has 0 fully saturated rings. The molecule has 0 aliphatic carbocycles.